The molecule has 0 aromatic carbocycles. The Morgan fingerprint density at radius 1 is 0.762 bits per heavy atom. The van der Waals surface area contributed by atoms with E-state index in [1.54, 1.807) is 6.92 Å². The van der Waals surface area contributed by atoms with E-state index in [1.807, 2.05) is 6.92 Å². The Morgan fingerprint density at radius 2 is 1.24 bits per heavy atom. The monoisotopic (exact) mass is 322 g/mol. The van der Waals surface area contributed by atoms with Crippen molar-refractivity contribution in [2.45, 2.75) is 82.7 Å². The number of alkyl halides is 6. The van der Waals surface area contributed by atoms with E-state index in [4.69, 9.17) is 0 Å². The Hall–Kier alpha value is -0.500. The number of hydrogen-bond donors (Lipinski definition) is 0. The average Bonchev–Trinajstić information content (AvgIpc) is 2.69. The SMILES string of the molecule is CCCCC[C@H]1OC(C(F)(F)F)(C(F)(F)F)O[C@H]1CCC. The van der Waals surface area contributed by atoms with E-state index in [-0.39, 0.29) is 12.8 Å². The van der Waals surface area contributed by atoms with Gasteiger partial charge in [0.05, 0.1) is 12.2 Å². The predicted octanol–water partition coefficient (Wildman–Crippen LogP) is 4.97. The van der Waals surface area contributed by atoms with Gasteiger partial charge in [-0.3, -0.25) is 0 Å². The van der Waals surface area contributed by atoms with Crippen LogP contribution in [0.5, 0.6) is 0 Å². The zero-order valence-corrected chi connectivity index (χ0v) is 12.0. The van der Waals surface area contributed by atoms with Gasteiger partial charge in [-0.1, -0.05) is 39.5 Å². The molecule has 1 rings (SSSR count). The van der Waals surface area contributed by atoms with E-state index in [0.29, 0.717) is 12.8 Å². The van der Waals surface area contributed by atoms with Gasteiger partial charge >= 0.3 is 18.1 Å². The maximum absolute atomic E-state index is 12.9. The van der Waals surface area contributed by atoms with Crippen LogP contribution in [0, 0.1) is 0 Å². The molecule has 1 aliphatic rings. The fourth-order valence-electron chi connectivity index (χ4n) is 2.40. The topological polar surface area (TPSA) is 18.5 Å². The summed E-state index contributed by atoms with van der Waals surface area (Å²) >= 11 is 0. The molecule has 1 fully saturated rings. The lowest BCUT2D eigenvalue weighted by Crippen LogP contribution is -2.58. The number of ether oxygens (including phenoxy) is 2. The second kappa shape index (κ2) is 6.73. The minimum Gasteiger partial charge on any atom is -0.329 e. The summed E-state index contributed by atoms with van der Waals surface area (Å²) in [6.45, 7) is 3.57. The van der Waals surface area contributed by atoms with Crippen molar-refractivity contribution in [2.24, 2.45) is 0 Å². The smallest absolute Gasteiger partial charge is 0.329 e. The fraction of sp³-hybridized carbons (Fsp3) is 1.00. The third kappa shape index (κ3) is 3.83. The first kappa shape index (κ1) is 18.5. The fourth-order valence-corrected chi connectivity index (χ4v) is 2.40. The summed E-state index contributed by atoms with van der Waals surface area (Å²) in [4.78, 5) is 0. The normalized spacial score (nSPS) is 26.3. The molecule has 0 spiro atoms. The highest BCUT2D eigenvalue weighted by molar-refractivity contribution is 4.96. The van der Waals surface area contributed by atoms with Crippen LogP contribution in [-0.2, 0) is 9.47 Å². The van der Waals surface area contributed by atoms with Gasteiger partial charge in [0.1, 0.15) is 0 Å². The Kier molecular flexibility index (Phi) is 5.94. The molecular formula is C13H20F6O2. The number of halogens is 6. The van der Waals surface area contributed by atoms with Gasteiger partial charge in [0.2, 0.25) is 0 Å². The molecule has 0 bridgehead atoms. The molecule has 2 nitrogen and oxygen atoms in total. The van der Waals surface area contributed by atoms with Crippen LogP contribution in [0.2, 0.25) is 0 Å². The van der Waals surface area contributed by atoms with Crippen LogP contribution in [0.15, 0.2) is 0 Å². The maximum atomic E-state index is 12.9. The predicted molar refractivity (Wildman–Crippen MR) is 63.6 cm³/mol. The van der Waals surface area contributed by atoms with Crippen LogP contribution >= 0.6 is 0 Å². The van der Waals surface area contributed by atoms with E-state index in [9.17, 15) is 26.3 Å². The van der Waals surface area contributed by atoms with Gasteiger partial charge in [-0.05, 0) is 12.8 Å². The molecule has 0 aromatic rings. The molecule has 0 N–H and O–H groups in total. The summed E-state index contributed by atoms with van der Waals surface area (Å²) in [6.07, 6.45) is -11.0. The van der Waals surface area contributed by atoms with E-state index in [1.165, 1.54) is 0 Å². The van der Waals surface area contributed by atoms with Crippen LogP contribution in [0.25, 0.3) is 0 Å². The molecule has 0 unspecified atom stereocenters. The van der Waals surface area contributed by atoms with Crippen molar-refractivity contribution in [2.75, 3.05) is 0 Å². The second-order valence-corrected chi connectivity index (χ2v) is 5.21. The first-order valence-electron chi connectivity index (χ1n) is 7.08. The summed E-state index contributed by atoms with van der Waals surface area (Å²) in [5.74, 6) is -4.49. The number of rotatable bonds is 6. The van der Waals surface area contributed by atoms with Crippen molar-refractivity contribution in [3.8, 4) is 0 Å². The van der Waals surface area contributed by atoms with Gasteiger partial charge in [-0.15, -0.1) is 0 Å². The lowest BCUT2D eigenvalue weighted by atomic mass is 10.0. The Balaban J connectivity index is 2.97. The second-order valence-electron chi connectivity index (χ2n) is 5.21. The molecule has 0 saturated carbocycles. The minimum absolute atomic E-state index is 0.102. The van der Waals surface area contributed by atoms with Crippen LogP contribution in [-0.4, -0.2) is 30.3 Å². The van der Waals surface area contributed by atoms with Gasteiger partial charge in [0.15, 0.2) is 0 Å². The highest BCUT2D eigenvalue weighted by Gasteiger charge is 2.78. The first-order valence-corrected chi connectivity index (χ1v) is 7.08. The van der Waals surface area contributed by atoms with Gasteiger partial charge < -0.3 is 9.47 Å². The molecule has 0 amide bonds. The zero-order valence-electron chi connectivity index (χ0n) is 12.0. The van der Waals surface area contributed by atoms with Gasteiger partial charge in [0.25, 0.3) is 0 Å². The first-order chi connectivity index (χ1) is 9.59. The molecule has 0 aliphatic carbocycles. The third-order valence-corrected chi connectivity index (χ3v) is 3.46. The van der Waals surface area contributed by atoms with Crippen molar-refractivity contribution in [1.29, 1.82) is 0 Å². The molecule has 2 atom stereocenters. The molecule has 0 aromatic heterocycles. The zero-order chi connectivity index (χ0) is 16.3. The number of hydrogen-bond acceptors (Lipinski definition) is 2. The summed E-state index contributed by atoms with van der Waals surface area (Å²) < 4.78 is 86.3. The summed E-state index contributed by atoms with van der Waals surface area (Å²) in [5, 5.41) is 0. The molecule has 126 valence electrons. The van der Waals surface area contributed by atoms with Gasteiger partial charge in [-0.25, -0.2) is 0 Å². The highest BCUT2D eigenvalue weighted by atomic mass is 19.4. The lowest BCUT2D eigenvalue weighted by Gasteiger charge is -2.31. The van der Waals surface area contributed by atoms with Crippen molar-refractivity contribution in [3.05, 3.63) is 0 Å². The average molecular weight is 322 g/mol. The Bertz CT molecular complexity index is 312. The van der Waals surface area contributed by atoms with Crippen LogP contribution < -0.4 is 0 Å². The van der Waals surface area contributed by atoms with Crippen molar-refractivity contribution in [1.82, 2.24) is 0 Å². The Labute approximate surface area is 119 Å². The summed E-state index contributed by atoms with van der Waals surface area (Å²) in [5.41, 5.74) is 0. The maximum Gasteiger partial charge on any atom is 0.453 e. The van der Waals surface area contributed by atoms with Crippen LogP contribution in [0.1, 0.15) is 52.4 Å². The van der Waals surface area contributed by atoms with E-state index in [0.717, 1.165) is 12.8 Å². The van der Waals surface area contributed by atoms with Gasteiger partial charge in [0, 0.05) is 0 Å². The number of unbranched alkanes of at least 4 members (excludes halogenated alkanes) is 2. The standard InChI is InChI=1S/C13H20F6O2/c1-3-5-6-8-10-9(7-4-2)20-11(21-10,12(14,15)16)13(17,18)19/h9-10H,3-8H2,1-2H3/t9-,10+/m0/s1. The van der Waals surface area contributed by atoms with Crippen molar-refractivity contribution >= 4 is 0 Å². The highest BCUT2D eigenvalue weighted by Crippen LogP contribution is 2.52. The lowest BCUT2D eigenvalue weighted by molar-refractivity contribution is -0.446. The molecule has 8 heteroatoms. The molecule has 1 aliphatic heterocycles. The van der Waals surface area contributed by atoms with E-state index in [2.05, 4.69) is 9.47 Å². The molecule has 1 heterocycles. The van der Waals surface area contributed by atoms with E-state index < -0.39 is 30.3 Å². The quantitative estimate of drug-likeness (QED) is 0.508. The van der Waals surface area contributed by atoms with Crippen molar-refractivity contribution < 1.29 is 35.8 Å². The summed E-state index contributed by atoms with van der Waals surface area (Å²) in [7, 11) is 0. The Morgan fingerprint density at radius 3 is 1.62 bits per heavy atom. The molecule has 21 heavy (non-hydrogen) atoms. The largest absolute Gasteiger partial charge is 0.453 e. The molecular weight excluding hydrogens is 302 g/mol. The summed E-state index contributed by atoms with van der Waals surface area (Å²) in [6, 6.07) is 0. The van der Waals surface area contributed by atoms with Crippen LogP contribution in [0.4, 0.5) is 26.3 Å². The van der Waals surface area contributed by atoms with Crippen molar-refractivity contribution in [3.63, 3.8) is 0 Å². The molecule has 1 saturated heterocycles. The third-order valence-electron chi connectivity index (χ3n) is 3.46. The minimum atomic E-state index is -5.66. The van der Waals surface area contributed by atoms with E-state index >= 15 is 0 Å². The molecule has 0 radical (unpaired) electrons. The van der Waals surface area contributed by atoms with Crippen LogP contribution in [0.3, 0.4) is 0 Å². The van der Waals surface area contributed by atoms with Gasteiger partial charge in [-0.2, -0.15) is 26.3 Å².